The van der Waals surface area contributed by atoms with Gasteiger partial charge in [-0.1, -0.05) is 135 Å². The fraction of sp³-hybridized carbons (Fsp3) is 0.200. The van der Waals surface area contributed by atoms with E-state index in [1.807, 2.05) is 38.1 Å². The zero-order valence-corrected chi connectivity index (χ0v) is 19.4. The van der Waals surface area contributed by atoms with Gasteiger partial charge in [0, 0.05) is 26.2 Å². The number of benzene rings is 4. The number of nitrogens with one attached hydrogen (secondary N) is 2. The third-order valence-electron chi connectivity index (χ3n) is 4.69. The van der Waals surface area contributed by atoms with Crippen LogP contribution < -0.4 is 10.6 Å². The maximum atomic E-state index is 3.42. The van der Waals surface area contributed by atoms with Crippen molar-refractivity contribution in [2.75, 3.05) is 0 Å². The lowest BCUT2D eigenvalue weighted by Gasteiger charge is -2.04. The van der Waals surface area contributed by atoms with Crippen LogP contribution in [0.4, 0.5) is 0 Å². The summed E-state index contributed by atoms with van der Waals surface area (Å²) in [5.41, 5.74) is 5.31. The zero-order valence-electron chi connectivity index (χ0n) is 19.4. The van der Waals surface area contributed by atoms with Crippen molar-refractivity contribution in [3.05, 3.63) is 144 Å². The third-order valence-corrected chi connectivity index (χ3v) is 4.69. The van der Waals surface area contributed by atoms with E-state index in [0.717, 1.165) is 26.2 Å². The second-order valence-electron chi connectivity index (χ2n) is 7.15. The Bertz CT molecular complexity index is 763. The van der Waals surface area contributed by atoms with Crippen LogP contribution in [0.3, 0.4) is 0 Å². The largest absolute Gasteiger partial charge is 0.309 e. The molecule has 0 fully saturated rings. The molecule has 4 aromatic carbocycles. The summed E-state index contributed by atoms with van der Waals surface area (Å²) in [6.45, 7) is 7.71. The molecule has 0 unspecified atom stereocenters. The van der Waals surface area contributed by atoms with Gasteiger partial charge in [-0.05, 0) is 22.3 Å². The van der Waals surface area contributed by atoms with Gasteiger partial charge in [-0.15, -0.1) is 0 Å². The van der Waals surface area contributed by atoms with E-state index in [-0.39, 0.29) is 0 Å². The molecule has 0 atom stereocenters. The molecule has 2 nitrogen and oxygen atoms in total. The van der Waals surface area contributed by atoms with E-state index in [4.69, 9.17) is 0 Å². The van der Waals surface area contributed by atoms with Gasteiger partial charge in [0.1, 0.15) is 0 Å². The van der Waals surface area contributed by atoms with Crippen molar-refractivity contribution in [2.24, 2.45) is 0 Å². The van der Waals surface area contributed by atoms with Gasteiger partial charge in [-0.2, -0.15) is 0 Å². The van der Waals surface area contributed by atoms with Crippen molar-refractivity contribution in [3.63, 3.8) is 0 Å². The lowest BCUT2D eigenvalue weighted by molar-refractivity contribution is 0.693. The summed E-state index contributed by atoms with van der Waals surface area (Å²) in [6.07, 6.45) is 0. The molecule has 2 heteroatoms. The van der Waals surface area contributed by atoms with Crippen LogP contribution in [-0.4, -0.2) is 0 Å². The third kappa shape index (κ3) is 10.7. The molecule has 0 saturated carbocycles. The highest BCUT2D eigenvalue weighted by Gasteiger charge is 1.93. The lowest BCUT2D eigenvalue weighted by atomic mass is 10.2. The van der Waals surface area contributed by atoms with Gasteiger partial charge in [0.05, 0.1) is 0 Å². The summed E-state index contributed by atoms with van der Waals surface area (Å²) in [6, 6.07) is 41.8. The van der Waals surface area contributed by atoms with E-state index in [1.54, 1.807) is 0 Å². The van der Waals surface area contributed by atoms with Crippen LogP contribution in [0.25, 0.3) is 0 Å². The van der Waals surface area contributed by atoms with Crippen LogP contribution in [-0.2, 0) is 26.2 Å². The standard InChI is InChI=1S/2C14H15N.C2H6/c2*1-3-7-13(8-4-1)11-15-12-14-9-5-2-6-10-14;1-2/h2*1-10,15H,11-12H2;1-2H3. The van der Waals surface area contributed by atoms with Crippen LogP contribution in [0.2, 0.25) is 0 Å². The maximum absolute atomic E-state index is 3.42. The minimum absolute atomic E-state index is 0.926. The Kier molecular flexibility index (Phi) is 12.9. The van der Waals surface area contributed by atoms with Gasteiger partial charge in [0.15, 0.2) is 0 Å². The van der Waals surface area contributed by atoms with E-state index >= 15 is 0 Å². The molecule has 0 heterocycles. The molecule has 32 heavy (non-hydrogen) atoms. The van der Waals surface area contributed by atoms with Crippen molar-refractivity contribution in [1.82, 2.24) is 10.6 Å². The van der Waals surface area contributed by atoms with E-state index < -0.39 is 0 Å². The van der Waals surface area contributed by atoms with Crippen LogP contribution in [0, 0.1) is 0 Å². The van der Waals surface area contributed by atoms with Gasteiger partial charge < -0.3 is 10.6 Å². The van der Waals surface area contributed by atoms with Crippen LogP contribution in [0.5, 0.6) is 0 Å². The van der Waals surface area contributed by atoms with Gasteiger partial charge in [0.25, 0.3) is 0 Å². The molecule has 0 aliphatic rings. The smallest absolute Gasteiger partial charge is 0.0208 e. The summed E-state index contributed by atoms with van der Waals surface area (Å²) >= 11 is 0. The predicted octanol–water partition coefficient (Wildman–Crippen LogP) is 6.98. The summed E-state index contributed by atoms with van der Waals surface area (Å²) in [5, 5.41) is 6.84. The lowest BCUT2D eigenvalue weighted by Crippen LogP contribution is -2.12. The normalized spacial score (nSPS) is 9.69. The Morgan fingerprint density at radius 1 is 0.344 bits per heavy atom. The van der Waals surface area contributed by atoms with E-state index in [1.165, 1.54) is 22.3 Å². The molecular formula is C30H36N2. The Balaban J connectivity index is 0.000000211. The Labute approximate surface area is 194 Å². The molecule has 4 aromatic rings. The molecule has 2 N–H and O–H groups in total. The first kappa shape index (κ1) is 25.1. The average Bonchev–Trinajstić information content (AvgIpc) is 2.88. The monoisotopic (exact) mass is 424 g/mol. The van der Waals surface area contributed by atoms with E-state index in [2.05, 4.69) is 108 Å². The maximum Gasteiger partial charge on any atom is 0.0208 e. The first-order valence-corrected chi connectivity index (χ1v) is 11.5. The molecule has 0 amide bonds. The molecule has 0 saturated heterocycles. The summed E-state index contributed by atoms with van der Waals surface area (Å²) < 4.78 is 0. The molecule has 0 aromatic heterocycles. The first-order valence-electron chi connectivity index (χ1n) is 11.5. The van der Waals surface area contributed by atoms with Crippen LogP contribution >= 0.6 is 0 Å². The fourth-order valence-electron chi connectivity index (χ4n) is 3.09. The summed E-state index contributed by atoms with van der Waals surface area (Å²) in [5.74, 6) is 0. The minimum atomic E-state index is 0.926. The number of hydrogen-bond acceptors (Lipinski definition) is 2. The van der Waals surface area contributed by atoms with Gasteiger partial charge in [-0.25, -0.2) is 0 Å². The van der Waals surface area contributed by atoms with Crippen molar-refractivity contribution < 1.29 is 0 Å². The average molecular weight is 425 g/mol. The second-order valence-corrected chi connectivity index (χ2v) is 7.15. The number of hydrogen-bond donors (Lipinski definition) is 2. The predicted molar refractivity (Wildman–Crippen MR) is 138 cm³/mol. The zero-order chi connectivity index (χ0) is 22.7. The van der Waals surface area contributed by atoms with Gasteiger partial charge in [-0.3, -0.25) is 0 Å². The molecule has 0 bridgehead atoms. The van der Waals surface area contributed by atoms with Gasteiger partial charge >= 0.3 is 0 Å². The highest BCUT2D eigenvalue weighted by atomic mass is 14.8. The Morgan fingerprint density at radius 3 is 0.719 bits per heavy atom. The van der Waals surface area contributed by atoms with Crippen molar-refractivity contribution in [1.29, 1.82) is 0 Å². The van der Waals surface area contributed by atoms with Crippen molar-refractivity contribution in [2.45, 2.75) is 40.0 Å². The second kappa shape index (κ2) is 16.5. The van der Waals surface area contributed by atoms with Crippen molar-refractivity contribution in [3.8, 4) is 0 Å². The first-order chi connectivity index (χ1) is 15.9. The quantitative estimate of drug-likeness (QED) is 0.319. The van der Waals surface area contributed by atoms with Crippen molar-refractivity contribution >= 4 is 0 Å². The summed E-state index contributed by atoms with van der Waals surface area (Å²) in [4.78, 5) is 0. The fourth-order valence-corrected chi connectivity index (χ4v) is 3.09. The van der Waals surface area contributed by atoms with Crippen LogP contribution in [0.15, 0.2) is 121 Å². The SMILES string of the molecule is CC.c1ccc(CNCc2ccccc2)cc1.c1ccc(CNCc2ccccc2)cc1. The van der Waals surface area contributed by atoms with E-state index in [9.17, 15) is 0 Å². The highest BCUT2D eigenvalue weighted by molar-refractivity contribution is 5.17. The molecule has 0 aliphatic carbocycles. The molecule has 166 valence electrons. The molecule has 0 aliphatic heterocycles. The molecular weight excluding hydrogens is 388 g/mol. The Morgan fingerprint density at radius 2 is 0.531 bits per heavy atom. The topological polar surface area (TPSA) is 24.1 Å². The Hall–Kier alpha value is -3.20. The number of rotatable bonds is 8. The highest BCUT2D eigenvalue weighted by Crippen LogP contribution is 2.01. The molecule has 0 spiro atoms. The van der Waals surface area contributed by atoms with E-state index in [0.29, 0.717) is 0 Å². The van der Waals surface area contributed by atoms with Crippen LogP contribution in [0.1, 0.15) is 36.1 Å². The minimum Gasteiger partial charge on any atom is -0.309 e. The molecule has 0 radical (unpaired) electrons. The summed E-state index contributed by atoms with van der Waals surface area (Å²) in [7, 11) is 0. The van der Waals surface area contributed by atoms with Gasteiger partial charge in [0.2, 0.25) is 0 Å². The molecule has 4 rings (SSSR count).